The van der Waals surface area contributed by atoms with Gasteiger partial charge in [-0.1, -0.05) is 38.1 Å². The van der Waals surface area contributed by atoms with Gasteiger partial charge in [-0.3, -0.25) is 9.98 Å². The van der Waals surface area contributed by atoms with Crippen molar-refractivity contribution in [2.24, 2.45) is 22.2 Å². The van der Waals surface area contributed by atoms with E-state index in [2.05, 4.69) is 29.2 Å². The van der Waals surface area contributed by atoms with Crippen LogP contribution in [0.25, 0.3) is 12.2 Å². The van der Waals surface area contributed by atoms with Crippen LogP contribution in [0.3, 0.4) is 0 Å². The Morgan fingerprint density at radius 2 is 2.05 bits per heavy atom. The third-order valence-corrected chi connectivity index (χ3v) is 2.22. The number of nitrogens with two attached hydrogens (primary N) is 3. The SMILES string of the molecule is C=Cc1cccnc1/C=C\C.CCCCN=C(N)N.CN. The van der Waals surface area contributed by atoms with E-state index in [4.69, 9.17) is 11.5 Å². The average Bonchev–Trinajstić information content (AvgIpc) is 2.51. The molecule has 0 aliphatic carbocycles. The van der Waals surface area contributed by atoms with Crippen LogP contribution in [0.5, 0.6) is 0 Å². The zero-order chi connectivity index (χ0) is 16.5. The van der Waals surface area contributed by atoms with Gasteiger partial charge in [-0.15, -0.1) is 0 Å². The van der Waals surface area contributed by atoms with Gasteiger partial charge in [0, 0.05) is 12.7 Å². The smallest absolute Gasteiger partial charge is 0.185 e. The number of unbranched alkanes of at least 4 members (excludes halogenated alkanes) is 1. The molecule has 0 bridgehead atoms. The molecule has 0 atom stereocenters. The Labute approximate surface area is 128 Å². The van der Waals surface area contributed by atoms with Gasteiger partial charge in [0.2, 0.25) is 0 Å². The lowest BCUT2D eigenvalue weighted by Crippen LogP contribution is -2.22. The Hall–Kier alpha value is -2.14. The Morgan fingerprint density at radius 1 is 1.38 bits per heavy atom. The fourth-order valence-electron chi connectivity index (χ4n) is 1.27. The highest BCUT2D eigenvalue weighted by Crippen LogP contribution is 2.07. The van der Waals surface area contributed by atoms with Crippen LogP contribution >= 0.6 is 0 Å². The number of pyridine rings is 1. The van der Waals surface area contributed by atoms with E-state index in [1.165, 1.54) is 7.05 Å². The molecule has 5 nitrogen and oxygen atoms in total. The highest BCUT2D eigenvalue weighted by Gasteiger charge is 1.92. The van der Waals surface area contributed by atoms with Crippen LogP contribution in [0, 0.1) is 0 Å². The summed E-state index contributed by atoms with van der Waals surface area (Å²) in [5.41, 5.74) is 16.7. The molecule has 1 heterocycles. The highest BCUT2D eigenvalue weighted by molar-refractivity contribution is 5.75. The largest absolute Gasteiger partial charge is 0.370 e. The highest BCUT2D eigenvalue weighted by atomic mass is 15.0. The predicted molar refractivity (Wildman–Crippen MR) is 94.7 cm³/mol. The van der Waals surface area contributed by atoms with E-state index in [-0.39, 0.29) is 5.96 Å². The fraction of sp³-hybridized carbons (Fsp3) is 0.375. The van der Waals surface area contributed by atoms with Crippen molar-refractivity contribution in [2.75, 3.05) is 13.6 Å². The summed E-state index contributed by atoms with van der Waals surface area (Å²) in [6.07, 6.45) is 9.73. The van der Waals surface area contributed by atoms with E-state index in [1.807, 2.05) is 37.3 Å². The normalized spacial score (nSPS) is 8.95. The van der Waals surface area contributed by atoms with Gasteiger partial charge in [0.25, 0.3) is 0 Å². The standard InChI is InChI=1S/C10H11N.C5H13N3.CH5N/c1-3-6-10-9(4-2)7-5-8-11-10;1-2-3-4-8-5(6)7;1-2/h3-8H,2H2,1H3;2-4H2,1H3,(H4,6,7,8);2H2,1H3/b6-3-;;. The average molecular weight is 291 g/mol. The molecule has 1 aromatic heterocycles. The topological polar surface area (TPSA) is 103 Å². The van der Waals surface area contributed by atoms with Gasteiger partial charge in [-0.25, -0.2) is 0 Å². The number of aromatic nitrogens is 1. The lowest BCUT2D eigenvalue weighted by Gasteiger charge is -1.96. The summed E-state index contributed by atoms with van der Waals surface area (Å²) in [7, 11) is 1.50. The lowest BCUT2D eigenvalue weighted by molar-refractivity contribution is 0.806. The molecule has 0 saturated carbocycles. The maximum atomic E-state index is 5.06. The molecule has 0 amide bonds. The van der Waals surface area contributed by atoms with Crippen molar-refractivity contribution in [2.45, 2.75) is 26.7 Å². The minimum atomic E-state index is 0.193. The zero-order valence-corrected chi connectivity index (χ0v) is 13.4. The molecule has 0 aliphatic rings. The van der Waals surface area contributed by atoms with Crippen LogP contribution in [0.4, 0.5) is 0 Å². The summed E-state index contributed by atoms with van der Waals surface area (Å²) >= 11 is 0. The first kappa shape index (κ1) is 21.2. The molecule has 0 saturated heterocycles. The summed E-state index contributed by atoms with van der Waals surface area (Å²) in [5, 5.41) is 0. The number of allylic oxidation sites excluding steroid dienone is 1. The molecule has 0 aromatic carbocycles. The van der Waals surface area contributed by atoms with Crippen molar-refractivity contribution in [3.63, 3.8) is 0 Å². The molecular weight excluding hydrogens is 262 g/mol. The van der Waals surface area contributed by atoms with Crippen LogP contribution in [0.2, 0.25) is 0 Å². The van der Waals surface area contributed by atoms with Crippen LogP contribution in [-0.2, 0) is 0 Å². The predicted octanol–water partition coefficient (Wildman–Crippen LogP) is 2.39. The van der Waals surface area contributed by atoms with Crippen LogP contribution in [0.15, 0.2) is 36.0 Å². The van der Waals surface area contributed by atoms with E-state index in [0.29, 0.717) is 0 Å². The van der Waals surface area contributed by atoms with Crippen molar-refractivity contribution in [3.05, 3.63) is 42.2 Å². The van der Waals surface area contributed by atoms with Crippen LogP contribution in [0.1, 0.15) is 37.9 Å². The molecular formula is C16H29N5. The second-order valence-corrected chi connectivity index (χ2v) is 3.84. The molecule has 1 aromatic rings. The number of hydrogen-bond donors (Lipinski definition) is 3. The first-order chi connectivity index (χ1) is 10.2. The third kappa shape index (κ3) is 12.6. The van der Waals surface area contributed by atoms with Crippen molar-refractivity contribution in [3.8, 4) is 0 Å². The minimum absolute atomic E-state index is 0.193. The van der Waals surface area contributed by atoms with Gasteiger partial charge in [-0.05, 0) is 38.1 Å². The van der Waals surface area contributed by atoms with E-state index in [1.54, 1.807) is 6.20 Å². The van der Waals surface area contributed by atoms with E-state index >= 15 is 0 Å². The summed E-state index contributed by atoms with van der Waals surface area (Å²) in [6.45, 7) is 8.54. The quantitative estimate of drug-likeness (QED) is 0.440. The summed E-state index contributed by atoms with van der Waals surface area (Å²) < 4.78 is 0. The Morgan fingerprint density at radius 3 is 2.52 bits per heavy atom. The molecule has 0 unspecified atom stereocenters. The van der Waals surface area contributed by atoms with Crippen molar-refractivity contribution < 1.29 is 0 Å². The van der Waals surface area contributed by atoms with Crippen LogP contribution in [-0.4, -0.2) is 24.5 Å². The van der Waals surface area contributed by atoms with Crippen molar-refractivity contribution >= 4 is 18.1 Å². The van der Waals surface area contributed by atoms with E-state index in [0.717, 1.165) is 30.6 Å². The number of guanidine groups is 1. The monoisotopic (exact) mass is 291 g/mol. The van der Waals surface area contributed by atoms with Gasteiger partial charge in [0.15, 0.2) is 5.96 Å². The molecule has 0 radical (unpaired) electrons. The second kappa shape index (κ2) is 15.9. The van der Waals surface area contributed by atoms with E-state index in [9.17, 15) is 0 Å². The van der Waals surface area contributed by atoms with E-state index < -0.39 is 0 Å². The Kier molecular flexibility index (Phi) is 16.0. The molecule has 118 valence electrons. The minimum Gasteiger partial charge on any atom is -0.370 e. The maximum absolute atomic E-state index is 5.06. The number of rotatable bonds is 5. The molecule has 0 fully saturated rings. The molecule has 21 heavy (non-hydrogen) atoms. The molecule has 0 aliphatic heterocycles. The summed E-state index contributed by atoms with van der Waals surface area (Å²) in [4.78, 5) is 7.97. The van der Waals surface area contributed by atoms with Gasteiger partial charge >= 0.3 is 0 Å². The maximum Gasteiger partial charge on any atom is 0.185 e. The van der Waals surface area contributed by atoms with Crippen molar-refractivity contribution in [1.82, 2.24) is 4.98 Å². The third-order valence-electron chi connectivity index (χ3n) is 2.22. The van der Waals surface area contributed by atoms with Gasteiger partial charge < -0.3 is 17.2 Å². The van der Waals surface area contributed by atoms with Gasteiger partial charge in [0.1, 0.15) is 0 Å². The summed E-state index contributed by atoms with van der Waals surface area (Å²) in [5.74, 6) is 0.193. The molecule has 0 spiro atoms. The van der Waals surface area contributed by atoms with Gasteiger partial charge in [0.05, 0.1) is 5.69 Å². The Bertz CT molecular complexity index is 420. The molecule has 6 N–H and O–H groups in total. The first-order valence-electron chi connectivity index (χ1n) is 6.99. The Balaban J connectivity index is 0. The second-order valence-electron chi connectivity index (χ2n) is 3.84. The van der Waals surface area contributed by atoms with Crippen molar-refractivity contribution in [1.29, 1.82) is 0 Å². The fourth-order valence-corrected chi connectivity index (χ4v) is 1.27. The summed E-state index contributed by atoms with van der Waals surface area (Å²) in [6, 6.07) is 3.90. The number of nitrogens with zero attached hydrogens (tertiary/aromatic N) is 2. The van der Waals surface area contributed by atoms with Gasteiger partial charge in [-0.2, -0.15) is 0 Å². The number of aliphatic imine (C=N–C) groups is 1. The number of hydrogen-bond acceptors (Lipinski definition) is 3. The van der Waals surface area contributed by atoms with Crippen LogP contribution < -0.4 is 17.2 Å². The first-order valence-corrected chi connectivity index (χ1v) is 6.99. The molecule has 1 rings (SSSR count). The zero-order valence-electron chi connectivity index (χ0n) is 13.4. The molecule has 5 heteroatoms. The lowest BCUT2D eigenvalue weighted by atomic mass is 10.2.